The minimum atomic E-state index is 0.0930. The molecule has 1 atom stereocenters. The molecule has 0 fully saturated rings. The van der Waals surface area contributed by atoms with Gasteiger partial charge in [0, 0.05) is 3.57 Å². The maximum absolute atomic E-state index is 4.32. The summed E-state index contributed by atoms with van der Waals surface area (Å²) in [5.41, 5.74) is 2.08. The van der Waals surface area contributed by atoms with Gasteiger partial charge in [-0.2, -0.15) is 10.2 Å². The summed E-state index contributed by atoms with van der Waals surface area (Å²) in [6, 6.07) is 18.3. The molecule has 2 aromatic rings. The summed E-state index contributed by atoms with van der Waals surface area (Å²) in [5, 5.41) is 8.56. The van der Waals surface area contributed by atoms with Crippen LogP contribution in [0, 0.1) is 3.57 Å². The minimum Gasteiger partial charge on any atom is -0.181 e. The zero-order valence-corrected chi connectivity index (χ0v) is 11.7. The summed E-state index contributed by atoms with van der Waals surface area (Å²) in [7, 11) is 0. The highest BCUT2D eigenvalue weighted by Gasteiger charge is 2.01. The Balaban J connectivity index is 2.08. The van der Waals surface area contributed by atoms with Crippen LogP contribution in [0.15, 0.2) is 64.8 Å². The molecule has 0 spiro atoms. The molecular weight excluding hydrogens is 323 g/mol. The molecule has 0 radical (unpaired) electrons. The molecule has 0 bridgehead atoms. The Labute approximate surface area is 115 Å². The van der Waals surface area contributed by atoms with Crippen molar-refractivity contribution in [1.29, 1.82) is 0 Å². The summed E-state index contributed by atoms with van der Waals surface area (Å²) in [6.07, 6.45) is 0. The third-order valence-electron chi connectivity index (χ3n) is 2.46. The summed E-state index contributed by atoms with van der Waals surface area (Å²) >= 11 is 2.28. The van der Waals surface area contributed by atoms with Gasteiger partial charge in [0.1, 0.15) is 0 Å². The van der Waals surface area contributed by atoms with Gasteiger partial charge in [-0.15, -0.1) is 0 Å². The first-order chi connectivity index (χ1) is 8.25. The van der Waals surface area contributed by atoms with E-state index in [0.717, 1.165) is 5.69 Å². The smallest absolute Gasteiger partial charge is 0.0934 e. The van der Waals surface area contributed by atoms with Crippen molar-refractivity contribution in [1.82, 2.24) is 0 Å². The molecule has 1 unspecified atom stereocenters. The predicted molar refractivity (Wildman–Crippen MR) is 78.5 cm³/mol. The van der Waals surface area contributed by atoms with Gasteiger partial charge in [-0.1, -0.05) is 30.3 Å². The molecule has 2 nitrogen and oxygen atoms in total. The van der Waals surface area contributed by atoms with Crippen LogP contribution in [0.3, 0.4) is 0 Å². The third kappa shape index (κ3) is 3.63. The molecule has 0 saturated carbocycles. The Morgan fingerprint density at radius 2 is 1.59 bits per heavy atom. The molecular formula is C14H13IN2. The van der Waals surface area contributed by atoms with Crippen molar-refractivity contribution >= 4 is 28.3 Å². The molecule has 0 amide bonds. The fourth-order valence-corrected chi connectivity index (χ4v) is 1.82. The van der Waals surface area contributed by atoms with Crippen LogP contribution >= 0.6 is 22.6 Å². The highest BCUT2D eigenvalue weighted by atomic mass is 127. The lowest BCUT2D eigenvalue weighted by Gasteiger charge is -2.04. The van der Waals surface area contributed by atoms with Gasteiger partial charge in [-0.05, 0) is 59.3 Å². The van der Waals surface area contributed by atoms with E-state index in [9.17, 15) is 0 Å². The molecule has 0 aromatic heterocycles. The first kappa shape index (κ1) is 12.2. The van der Waals surface area contributed by atoms with E-state index in [0.29, 0.717) is 0 Å². The molecule has 2 rings (SSSR count). The number of halogens is 1. The first-order valence-corrected chi connectivity index (χ1v) is 6.55. The Morgan fingerprint density at radius 3 is 2.24 bits per heavy atom. The van der Waals surface area contributed by atoms with E-state index in [-0.39, 0.29) is 6.04 Å². The van der Waals surface area contributed by atoms with Gasteiger partial charge in [-0.25, -0.2) is 0 Å². The van der Waals surface area contributed by atoms with Gasteiger partial charge in [-0.3, -0.25) is 0 Å². The number of rotatable bonds is 3. The van der Waals surface area contributed by atoms with Gasteiger partial charge in [0.05, 0.1) is 11.7 Å². The SMILES string of the molecule is CC(N=Nc1ccc(I)cc1)c1ccccc1. The van der Waals surface area contributed by atoms with Crippen molar-refractivity contribution in [2.45, 2.75) is 13.0 Å². The van der Waals surface area contributed by atoms with Crippen LogP contribution in [-0.2, 0) is 0 Å². The van der Waals surface area contributed by atoms with Crippen molar-refractivity contribution in [3.63, 3.8) is 0 Å². The van der Waals surface area contributed by atoms with Crippen LogP contribution in [0.5, 0.6) is 0 Å². The highest BCUT2D eigenvalue weighted by Crippen LogP contribution is 2.20. The lowest BCUT2D eigenvalue weighted by atomic mass is 10.1. The quantitative estimate of drug-likeness (QED) is 0.548. The number of benzene rings is 2. The Bertz CT molecular complexity index is 491. The van der Waals surface area contributed by atoms with Crippen LogP contribution < -0.4 is 0 Å². The summed E-state index contributed by atoms with van der Waals surface area (Å²) in [4.78, 5) is 0. The topological polar surface area (TPSA) is 24.7 Å². The molecule has 0 saturated heterocycles. The molecule has 86 valence electrons. The third-order valence-corrected chi connectivity index (χ3v) is 3.17. The van der Waals surface area contributed by atoms with Crippen LogP contribution in [-0.4, -0.2) is 0 Å². The zero-order chi connectivity index (χ0) is 12.1. The van der Waals surface area contributed by atoms with Gasteiger partial charge < -0.3 is 0 Å². The van der Waals surface area contributed by atoms with E-state index in [1.165, 1.54) is 9.13 Å². The fraction of sp³-hybridized carbons (Fsp3) is 0.143. The van der Waals surface area contributed by atoms with Crippen molar-refractivity contribution in [2.24, 2.45) is 10.2 Å². The van der Waals surface area contributed by atoms with Crippen LogP contribution in [0.1, 0.15) is 18.5 Å². The highest BCUT2D eigenvalue weighted by molar-refractivity contribution is 14.1. The minimum absolute atomic E-state index is 0.0930. The average molecular weight is 336 g/mol. The lowest BCUT2D eigenvalue weighted by molar-refractivity contribution is 0.764. The molecule has 17 heavy (non-hydrogen) atoms. The maximum Gasteiger partial charge on any atom is 0.0934 e. The van der Waals surface area contributed by atoms with E-state index in [1.807, 2.05) is 49.4 Å². The van der Waals surface area contributed by atoms with Crippen molar-refractivity contribution in [3.8, 4) is 0 Å². The van der Waals surface area contributed by atoms with E-state index in [4.69, 9.17) is 0 Å². The normalized spacial score (nSPS) is 12.8. The van der Waals surface area contributed by atoms with Gasteiger partial charge in [0.25, 0.3) is 0 Å². The van der Waals surface area contributed by atoms with Crippen molar-refractivity contribution in [3.05, 3.63) is 63.7 Å². The molecule has 2 aromatic carbocycles. The molecule has 0 aliphatic carbocycles. The van der Waals surface area contributed by atoms with E-state index in [1.54, 1.807) is 0 Å². The second-order valence-corrected chi connectivity index (χ2v) is 5.02. The standard InChI is InChI=1S/C14H13IN2/c1-11(12-5-3-2-4-6-12)16-17-14-9-7-13(15)8-10-14/h2-11H,1H3. The summed E-state index contributed by atoms with van der Waals surface area (Å²) in [5.74, 6) is 0. The van der Waals surface area contributed by atoms with Crippen LogP contribution in [0.2, 0.25) is 0 Å². The Kier molecular flexibility index (Phi) is 4.25. The van der Waals surface area contributed by atoms with Gasteiger partial charge in [0.2, 0.25) is 0 Å². The summed E-state index contributed by atoms with van der Waals surface area (Å²) in [6.45, 7) is 2.05. The van der Waals surface area contributed by atoms with Crippen LogP contribution in [0.4, 0.5) is 5.69 Å². The monoisotopic (exact) mass is 336 g/mol. The molecule has 0 aliphatic rings. The lowest BCUT2D eigenvalue weighted by Crippen LogP contribution is -1.86. The first-order valence-electron chi connectivity index (χ1n) is 5.47. The molecule has 3 heteroatoms. The summed E-state index contributed by atoms with van der Waals surface area (Å²) < 4.78 is 1.21. The van der Waals surface area contributed by atoms with E-state index >= 15 is 0 Å². The molecule has 0 heterocycles. The second kappa shape index (κ2) is 5.91. The van der Waals surface area contributed by atoms with Crippen LogP contribution in [0.25, 0.3) is 0 Å². The molecule has 0 aliphatic heterocycles. The van der Waals surface area contributed by atoms with E-state index in [2.05, 4.69) is 45.0 Å². The number of hydrogen-bond acceptors (Lipinski definition) is 2. The van der Waals surface area contributed by atoms with Crippen molar-refractivity contribution in [2.75, 3.05) is 0 Å². The average Bonchev–Trinajstić information content (AvgIpc) is 2.39. The largest absolute Gasteiger partial charge is 0.181 e. The molecule has 0 N–H and O–H groups in total. The number of nitrogens with zero attached hydrogens (tertiary/aromatic N) is 2. The number of azo groups is 1. The second-order valence-electron chi connectivity index (χ2n) is 3.78. The van der Waals surface area contributed by atoms with Gasteiger partial charge in [0.15, 0.2) is 0 Å². The van der Waals surface area contributed by atoms with Gasteiger partial charge >= 0.3 is 0 Å². The number of hydrogen-bond donors (Lipinski definition) is 0. The fourth-order valence-electron chi connectivity index (χ4n) is 1.46. The Morgan fingerprint density at radius 1 is 0.941 bits per heavy atom. The Hall–Kier alpha value is -1.23. The predicted octanol–water partition coefficient (Wildman–Crippen LogP) is 5.14. The zero-order valence-electron chi connectivity index (χ0n) is 9.55. The van der Waals surface area contributed by atoms with E-state index < -0.39 is 0 Å². The van der Waals surface area contributed by atoms with Crippen molar-refractivity contribution < 1.29 is 0 Å². The maximum atomic E-state index is 4.32.